The van der Waals surface area contributed by atoms with Gasteiger partial charge in [0.25, 0.3) is 0 Å². The monoisotopic (exact) mass is 168 g/mol. The van der Waals surface area contributed by atoms with Crippen LogP contribution >= 0.6 is 0 Å². The maximum Gasteiger partial charge on any atom is 0.162 e. The van der Waals surface area contributed by atoms with Gasteiger partial charge in [-0.2, -0.15) is 0 Å². The third-order valence-electron chi connectivity index (χ3n) is 1.57. The highest BCUT2D eigenvalue weighted by Crippen LogP contribution is 2.13. The predicted molar refractivity (Wildman–Crippen MR) is 42.0 cm³/mol. The summed E-state index contributed by atoms with van der Waals surface area (Å²) in [5.41, 5.74) is 0.420. The first-order valence-corrected chi connectivity index (χ1v) is 3.55. The van der Waals surface area contributed by atoms with Crippen LogP contribution in [0.5, 0.6) is 0 Å². The molecule has 1 aromatic rings. The summed E-state index contributed by atoms with van der Waals surface area (Å²) in [5.74, 6) is -0.726. The molecule has 3 heteroatoms. The molecule has 64 valence electrons. The number of ketones is 1. The van der Waals surface area contributed by atoms with Gasteiger partial charge in [0.2, 0.25) is 0 Å². The molecule has 0 aliphatic rings. The van der Waals surface area contributed by atoms with E-state index >= 15 is 0 Å². The van der Waals surface area contributed by atoms with Crippen LogP contribution in [0, 0.1) is 5.82 Å². The SMILES string of the molecule is CC(=O)[C@H](O)c1ccc(F)cc1. The second-order valence-corrected chi connectivity index (χ2v) is 2.56. The van der Waals surface area contributed by atoms with Crippen molar-refractivity contribution in [2.45, 2.75) is 13.0 Å². The molecule has 0 fully saturated rings. The predicted octanol–water partition coefficient (Wildman–Crippen LogP) is 1.45. The van der Waals surface area contributed by atoms with Crippen LogP contribution in [0.15, 0.2) is 24.3 Å². The van der Waals surface area contributed by atoms with Crippen LogP contribution in [0.4, 0.5) is 4.39 Å². The van der Waals surface area contributed by atoms with Gasteiger partial charge in [-0.3, -0.25) is 4.79 Å². The van der Waals surface area contributed by atoms with E-state index in [0.717, 1.165) is 0 Å². The Hall–Kier alpha value is -1.22. The fourth-order valence-corrected chi connectivity index (χ4v) is 0.880. The molecule has 1 rings (SSSR count). The molecular weight excluding hydrogens is 159 g/mol. The number of aliphatic hydroxyl groups excluding tert-OH is 1. The molecule has 0 spiro atoms. The van der Waals surface area contributed by atoms with Crippen molar-refractivity contribution in [3.63, 3.8) is 0 Å². The molecule has 0 heterocycles. The van der Waals surface area contributed by atoms with E-state index in [0.29, 0.717) is 5.56 Å². The van der Waals surface area contributed by atoms with Crippen LogP contribution in [0.25, 0.3) is 0 Å². The molecule has 0 saturated carbocycles. The minimum absolute atomic E-state index is 0.346. The summed E-state index contributed by atoms with van der Waals surface area (Å²) >= 11 is 0. The second-order valence-electron chi connectivity index (χ2n) is 2.56. The van der Waals surface area contributed by atoms with Gasteiger partial charge in [0.15, 0.2) is 5.78 Å². The van der Waals surface area contributed by atoms with Gasteiger partial charge in [-0.1, -0.05) is 12.1 Å². The Balaban J connectivity index is 2.89. The van der Waals surface area contributed by atoms with E-state index in [1.54, 1.807) is 0 Å². The van der Waals surface area contributed by atoms with Crippen LogP contribution in [0.1, 0.15) is 18.6 Å². The minimum Gasteiger partial charge on any atom is -0.381 e. The normalized spacial score (nSPS) is 12.6. The second kappa shape index (κ2) is 3.45. The lowest BCUT2D eigenvalue weighted by Gasteiger charge is -2.05. The highest BCUT2D eigenvalue weighted by atomic mass is 19.1. The molecule has 1 N–H and O–H groups in total. The van der Waals surface area contributed by atoms with Crippen molar-refractivity contribution in [1.29, 1.82) is 0 Å². The Morgan fingerprint density at radius 1 is 1.42 bits per heavy atom. The number of rotatable bonds is 2. The van der Waals surface area contributed by atoms with Gasteiger partial charge in [-0.25, -0.2) is 4.39 Å². The Labute approximate surface area is 69.6 Å². The standard InChI is InChI=1S/C9H9FO2/c1-6(11)9(12)7-2-4-8(10)5-3-7/h2-5,9,12H,1H3/t9-/m0/s1. The van der Waals surface area contributed by atoms with Crippen molar-refractivity contribution in [3.8, 4) is 0 Å². The summed E-state index contributed by atoms with van der Waals surface area (Å²) in [4.78, 5) is 10.7. The van der Waals surface area contributed by atoms with E-state index < -0.39 is 6.10 Å². The zero-order valence-electron chi connectivity index (χ0n) is 6.62. The zero-order valence-corrected chi connectivity index (χ0v) is 6.62. The van der Waals surface area contributed by atoms with E-state index in [1.807, 2.05) is 0 Å². The topological polar surface area (TPSA) is 37.3 Å². The Bertz CT molecular complexity index is 279. The number of aliphatic hydroxyl groups is 1. The van der Waals surface area contributed by atoms with Crippen LogP contribution < -0.4 is 0 Å². The average molecular weight is 168 g/mol. The van der Waals surface area contributed by atoms with Crippen LogP contribution in [0.2, 0.25) is 0 Å². The van der Waals surface area contributed by atoms with Crippen LogP contribution in [-0.2, 0) is 4.79 Å². The van der Waals surface area contributed by atoms with Crippen molar-refractivity contribution >= 4 is 5.78 Å². The number of halogens is 1. The summed E-state index contributed by atoms with van der Waals surface area (Å²) in [7, 11) is 0. The lowest BCUT2D eigenvalue weighted by molar-refractivity contribution is -0.125. The molecule has 0 unspecified atom stereocenters. The zero-order chi connectivity index (χ0) is 9.14. The van der Waals surface area contributed by atoms with E-state index in [9.17, 15) is 14.3 Å². The molecule has 2 nitrogen and oxygen atoms in total. The van der Waals surface area contributed by atoms with Crippen LogP contribution in [-0.4, -0.2) is 10.9 Å². The smallest absolute Gasteiger partial charge is 0.162 e. The highest BCUT2D eigenvalue weighted by molar-refractivity contribution is 5.81. The summed E-state index contributed by atoms with van der Waals surface area (Å²) < 4.78 is 12.4. The fraction of sp³-hybridized carbons (Fsp3) is 0.222. The lowest BCUT2D eigenvalue weighted by atomic mass is 10.1. The largest absolute Gasteiger partial charge is 0.381 e. The van der Waals surface area contributed by atoms with E-state index in [2.05, 4.69) is 0 Å². The van der Waals surface area contributed by atoms with E-state index in [-0.39, 0.29) is 11.6 Å². The highest BCUT2D eigenvalue weighted by Gasteiger charge is 2.11. The fourth-order valence-electron chi connectivity index (χ4n) is 0.880. The molecule has 12 heavy (non-hydrogen) atoms. The summed E-state index contributed by atoms with van der Waals surface area (Å²) in [5, 5.41) is 9.22. The molecule has 0 bridgehead atoms. The summed E-state index contributed by atoms with van der Waals surface area (Å²) in [6, 6.07) is 5.20. The molecule has 0 radical (unpaired) electrons. The lowest BCUT2D eigenvalue weighted by Crippen LogP contribution is -2.07. The van der Waals surface area contributed by atoms with Gasteiger partial charge in [0, 0.05) is 0 Å². The van der Waals surface area contributed by atoms with Crippen molar-refractivity contribution in [1.82, 2.24) is 0 Å². The first-order valence-electron chi connectivity index (χ1n) is 3.55. The number of hydrogen-bond donors (Lipinski definition) is 1. The Kier molecular flexibility index (Phi) is 2.55. The molecular formula is C9H9FO2. The number of hydrogen-bond acceptors (Lipinski definition) is 2. The number of carbonyl (C=O) groups is 1. The minimum atomic E-state index is -1.13. The molecule has 0 aliphatic carbocycles. The van der Waals surface area contributed by atoms with Gasteiger partial charge in [-0.15, -0.1) is 0 Å². The number of carbonyl (C=O) groups excluding carboxylic acids is 1. The third-order valence-corrected chi connectivity index (χ3v) is 1.57. The molecule has 1 aromatic carbocycles. The van der Waals surface area contributed by atoms with Crippen LogP contribution in [0.3, 0.4) is 0 Å². The Morgan fingerprint density at radius 3 is 2.33 bits per heavy atom. The quantitative estimate of drug-likeness (QED) is 0.725. The average Bonchev–Trinajstić information content (AvgIpc) is 2.04. The summed E-state index contributed by atoms with van der Waals surface area (Å²) in [6.45, 7) is 1.29. The van der Waals surface area contributed by atoms with E-state index in [1.165, 1.54) is 31.2 Å². The molecule has 0 aliphatic heterocycles. The molecule has 0 amide bonds. The number of benzene rings is 1. The van der Waals surface area contributed by atoms with Crippen molar-refractivity contribution in [2.75, 3.05) is 0 Å². The Morgan fingerprint density at radius 2 is 1.92 bits per heavy atom. The maximum absolute atomic E-state index is 12.4. The van der Waals surface area contributed by atoms with Gasteiger partial charge < -0.3 is 5.11 Å². The molecule has 0 saturated heterocycles. The number of Topliss-reactive ketones (excluding diaryl/α,β-unsaturated/α-hetero) is 1. The van der Waals surface area contributed by atoms with Crippen molar-refractivity contribution < 1.29 is 14.3 Å². The van der Waals surface area contributed by atoms with Crippen molar-refractivity contribution in [3.05, 3.63) is 35.6 Å². The van der Waals surface area contributed by atoms with Gasteiger partial charge in [-0.05, 0) is 24.6 Å². The van der Waals surface area contributed by atoms with Gasteiger partial charge in [0.05, 0.1) is 0 Å². The van der Waals surface area contributed by atoms with Gasteiger partial charge in [0.1, 0.15) is 11.9 Å². The molecule has 1 atom stereocenters. The first kappa shape index (κ1) is 8.87. The van der Waals surface area contributed by atoms with Gasteiger partial charge >= 0.3 is 0 Å². The summed E-state index contributed by atoms with van der Waals surface area (Å²) in [6.07, 6.45) is -1.13. The molecule has 0 aromatic heterocycles. The van der Waals surface area contributed by atoms with E-state index in [4.69, 9.17) is 0 Å². The third kappa shape index (κ3) is 1.89. The maximum atomic E-state index is 12.4. The first-order chi connectivity index (χ1) is 5.61. The van der Waals surface area contributed by atoms with Crippen molar-refractivity contribution in [2.24, 2.45) is 0 Å².